The molecule has 1 saturated carbocycles. The lowest BCUT2D eigenvalue weighted by molar-refractivity contribution is 0.0433. The Kier molecular flexibility index (Phi) is 2.82. The van der Waals surface area contributed by atoms with Crippen molar-refractivity contribution in [1.29, 1.82) is 0 Å². The van der Waals surface area contributed by atoms with Gasteiger partial charge in [0.2, 0.25) is 0 Å². The number of hydrogen-bond acceptors (Lipinski definition) is 3. The molecule has 108 valence electrons. The summed E-state index contributed by atoms with van der Waals surface area (Å²) in [5.41, 5.74) is 7.36. The van der Waals surface area contributed by atoms with Crippen LogP contribution in [-0.4, -0.2) is 29.1 Å². The quantitative estimate of drug-likeness (QED) is 0.864. The maximum Gasteiger partial charge on any atom is 0.125 e. The molecule has 0 aromatic heterocycles. The molecule has 0 radical (unpaired) electrons. The highest BCUT2D eigenvalue weighted by Crippen LogP contribution is 2.47. The SMILES string of the molecule is CC1CC2(C[C@H](N)c3cc(Cl)ccc3O2)CN1C1CC1. The summed E-state index contributed by atoms with van der Waals surface area (Å²) in [6.07, 6.45) is 4.67. The average molecular weight is 293 g/mol. The molecule has 4 rings (SSSR count). The highest BCUT2D eigenvalue weighted by atomic mass is 35.5. The molecule has 0 bridgehead atoms. The molecule has 3 aliphatic rings. The van der Waals surface area contributed by atoms with E-state index in [4.69, 9.17) is 22.1 Å². The molecule has 4 heteroatoms. The van der Waals surface area contributed by atoms with Gasteiger partial charge in [0, 0.05) is 48.1 Å². The van der Waals surface area contributed by atoms with Gasteiger partial charge in [-0.25, -0.2) is 0 Å². The monoisotopic (exact) mass is 292 g/mol. The van der Waals surface area contributed by atoms with Crippen LogP contribution in [0.25, 0.3) is 0 Å². The number of likely N-dealkylation sites (tertiary alicyclic amines) is 1. The second-order valence-corrected chi connectivity index (χ2v) is 7.17. The molecule has 1 aliphatic carbocycles. The number of hydrogen-bond donors (Lipinski definition) is 1. The summed E-state index contributed by atoms with van der Waals surface area (Å²) in [6, 6.07) is 7.24. The van der Waals surface area contributed by atoms with E-state index in [0.29, 0.717) is 6.04 Å². The lowest BCUT2D eigenvalue weighted by Crippen LogP contribution is -2.45. The molecular weight excluding hydrogens is 272 g/mol. The molecule has 1 spiro atoms. The van der Waals surface area contributed by atoms with Gasteiger partial charge in [0.15, 0.2) is 0 Å². The van der Waals surface area contributed by atoms with E-state index in [1.54, 1.807) is 0 Å². The predicted molar refractivity (Wildman–Crippen MR) is 80.2 cm³/mol. The number of nitrogens with two attached hydrogens (primary N) is 1. The van der Waals surface area contributed by atoms with Gasteiger partial charge in [0.1, 0.15) is 11.4 Å². The van der Waals surface area contributed by atoms with E-state index in [1.807, 2.05) is 18.2 Å². The van der Waals surface area contributed by atoms with Crippen LogP contribution in [0.3, 0.4) is 0 Å². The van der Waals surface area contributed by atoms with E-state index in [-0.39, 0.29) is 11.6 Å². The molecule has 2 N–H and O–H groups in total. The Balaban J connectivity index is 1.64. The van der Waals surface area contributed by atoms with E-state index in [2.05, 4.69) is 11.8 Å². The van der Waals surface area contributed by atoms with Crippen molar-refractivity contribution in [3.8, 4) is 5.75 Å². The maximum atomic E-state index is 6.40. The van der Waals surface area contributed by atoms with Gasteiger partial charge in [-0.05, 0) is 38.0 Å². The van der Waals surface area contributed by atoms with Crippen molar-refractivity contribution < 1.29 is 4.74 Å². The molecule has 2 aliphatic heterocycles. The summed E-state index contributed by atoms with van der Waals surface area (Å²) in [5, 5.41) is 0.734. The summed E-state index contributed by atoms with van der Waals surface area (Å²) in [6.45, 7) is 3.34. The molecule has 2 fully saturated rings. The van der Waals surface area contributed by atoms with E-state index >= 15 is 0 Å². The van der Waals surface area contributed by atoms with Crippen molar-refractivity contribution in [2.45, 2.75) is 56.3 Å². The van der Waals surface area contributed by atoms with Gasteiger partial charge >= 0.3 is 0 Å². The Hall–Kier alpha value is -0.770. The Morgan fingerprint density at radius 2 is 2.15 bits per heavy atom. The first-order valence-corrected chi connectivity index (χ1v) is 7.94. The minimum atomic E-state index is -0.0950. The standard InChI is InChI=1S/C16H21ClN2O/c1-10-7-16(9-19(10)12-3-4-12)8-14(18)13-6-11(17)2-5-15(13)20-16/h2,5-6,10,12,14H,3-4,7-9,18H2,1H3/t10?,14-,16?/m0/s1. The van der Waals surface area contributed by atoms with E-state index in [9.17, 15) is 0 Å². The number of rotatable bonds is 1. The lowest BCUT2D eigenvalue weighted by Gasteiger charge is -2.38. The normalized spacial score (nSPS) is 37.0. The van der Waals surface area contributed by atoms with Crippen LogP contribution in [0.2, 0.25) is 5.02 Å². The third-order valence-electron chi connectivity index (χ3n) is 5.01. The van der Waals surface area contributed by atoms with Crippen LogP contribution in [0.4, 0.5) is 0 Å². The van der Waals surface area contributed by atoms with Crippen LogP contribution in [0.5, 0.6) is 5.75 Å². The summed E-state index contributed by atoms with van der Waals surface area (Å²) in [5.74, 6) is 0.929. The Labute approximate surface area is 125 Å². The van der Waals surface area contributed by atoms with Gasteiger partial charge < -0.3 is 10.5 Å². The molecule has 2 heterocycles. The topological polar surface area (TPSA) is 38.5 Å². The van der Waals surface area contributed by atoms with Crippen LogP contribution in [0.1, 0.15) is 44.2 Å². The highest BCUT2D eigenvalue weighted by Gasteiger charge is 2.51. The third kappa shape index (κ3) is 2.03. The van der Waals surface area contributed by atoms with Gasteiger partial charge in [-0.2, -0.15) is 0 Å². The zero-order valence-electron chi connectivity index (χ0n) is 11.8. The number of halogens is 1. The highest BCUT2D eigenvalue weighted by molar-refractivity contribution is 6.30. The molecule has 1 saturated heterocycles. The maximum absolute atomic E-state index is 6.40. The van der Waals surface area contributed by atoms with E-state index in [0.717, 1.165) is 41.8 Å². The van der Waals surface area contributed by atoms with Crippen molar-refractivity contribution in [2.75, 3.05) is 6.54 Å². The van der Waals surface area contributed by atoms with Gasteiger partial charge in [0.25, 0.3) is 0 Å². The fourth-order valence-electron chi connectivity index (χ4n) is 4.01. The average Bonchev–Trinajstić information content (AvgIpc) is 3.17. The Morgan fingerprint density at radius 3 is 2.90 bits per heavy atom. The van der Waals surface area contributed by atoms with Crippen molar-refractivity contribution in [3.05, 3.63) is 28.8 Å². The van der Waals surface area contributed by atoms with Crippen molar-refractivity contribution in [1.82, 2.24) is 4.90 Å². The van der Waals surface area contributed by atoms with Crippen molar-refractivity contribution in [3.63, 3.8) is 0 Å². The van der Waals surface area contributed by atoms with Crippen LogP contribution in [0.15, 0.2) is 18.2 Å². The van der Waals surface area contributed by atoms with Gasteiger partial charge in [0.05, 0.1) is 0 Å². The third-order valence-corrected chi connectivity index (χ3v) is 5.24. The van der Waals surface area contributed by atoms with E-state index < -0.39 is 0 Å². The fraction of sp³-hybridized carbons (Fsp3) is 0.625. The minimum Gasteiger partial charge on any atom is -0.485 e. The number of nitrogens with zero attached hydrogens (tertiary/aromatic N) is 1. The molecule has 2 unspecified atom stereocenters. The first-order valence-electron chi connectivity index (χ1n) is 7.56. The fourth-order valence-corrected chi connectivity index (χ4v) is 4.19. The first-order chi connectivity index (χ1) is 9.56. The summed E-state index contributed by atoms with van der Waals surface area (Å²) in [4.78, 5) is 2.62. The smallest absolute Gasteiger partial charge is 0.125 e. The van der Waals surface area contributed by atoms with Crippen LogP contribution < -0.4 is 10.5 Å². The predicted octanol–water partition coefficient (Wildman–Crippen LogP) is 3.12. The van der Waals surface area contributed by atoms with Crippen LogP contribution in [-0.2, 0) is 0 Å². The number of benzene rings is 1. The first kappa shape index (κ1) is 12.9. The molecule has 1 aromatic rings. The second-order valence-electron chi connectivity index (χ2n) is 6.73. The van der Waals surface area contributed by atoms with Gasteiger partial charge in [-0.15, -0.1) is 0 Å². The van der Waals surface area contributed by atoms with Crippen LogP contribution in [0, 0.1) is 0 Å². The largest absolute Gasteiger partial charge is 0.485 e. The van der Waals surface area contributed by atoms with Gasteiger partial charge in [-0.1, -0.05) is 11.6 Å². The molecule has 3 nitrogen and oxygen atoms in total. The number of ether oxygens (including phenoxy) is 1. The van der Waals surface area contributed by atoms with Crippen molar-refractivity contribution in [2.24, 2.45) is 5.73 Å². The minimum absolute atomic E-state index is 0.0313. The molecule has 0 amide bonds. The zero-order valence-corrected chi connectivity index (χ0v) is 12.6. The summed E-state index contributed by atoms with van der Waals surface area (Å²) in [7, 11) is 0. The zero-order chi connectivity index (χ0) is 13.9. The van der Waals surface area contributed by atoms with Crippen LogP contribution >= 0.6 is 11.6 Å². The molecule has 3 atom stereocenters. The van der Waals surface area contributed by atoms with Gasteiger partial charge in [-0.3, -0.25) is 4.90 Å². The molecular formula is C16H21ClN2O. The Bertz CT molecular complexity index is 545. The Morgan fingerprint density at radius 1 is 1.35 bits per heavy atom. The number of fused-ring (bicyclic) bond motifs is 1. The van der Waals surface area contributed by atoms with E-state index in [1.165, 1.54) is 12.8 Å². The molecule has 1 aromatic carbocycles. The summed E-state index contributed by atoms with van der Waals surface area (Å²) >= 11 is 6.07. The summed E-state index contributed by atoms with van der Waals surface area (Å²) < 4.78 is 6.40. The second kappa shape index (κ2) is 4.36. The lowest BCUT2D eigenvalue weighted by atomic mass is 9.86. The molecule has 20 heavy (non-hydrogen) atoms. The van der Waals surface area contributed by atoms with Crippen molar-refractivity contribution >= 4 is 11.6 Å².